The van der Waals surface area contributed by atoms with Gasteiger partial charge in [0.1, 0.15) is 0 Å². The van der Waals surface area contributed by atoms with Gasteiger partial charge in [0.2, 0.25) is 5.91 Å². The molecule has 0 aliphatic carbocycles. The number of thiophene rings is 1. The van der Waals surface area contributed by atoms with Crippen molar-refractivity contribution >= 4 is 17.2 Å². The Labute approximate surface area is 142 Å². The van der Waals surface area contributed by atoms with Crippen LogP contribution in [0.1, 0.15) is 36.1 Å². The van der Waals surface area contributed by atoms with E-state index in [1.54, 1.807) is 0 Å². The van der Waals surface area contributed by atoms with Crippen LogP contribution in [0.25, 0.3) is 0 Å². The van der Waals surface area contributed by atoms with Crippen molar-refractivity contribution in [3.8, 4) is 0 Å². The number of rotatable bonds is 4. The number of carbonyl (C=O) groups is 1. The molecule has 1 aromatic heterocycles. The van der Waals surface area contributed by atoms with Crippen LogP contribution >= 0.6 is 11.3 Å². The number of amides is 1. The predicted octanol–water partition coefficient (Wildman–Crippen LogP) is 2.66. The molecule has 1 spiro atoms. The second kappa shape index (κ2) is 6.19. The van der Waals surface area contributed by atoms with Crippen molar-refractivity contribution in [3.05, 3.63) is 21.9 Å². The predicted molar refractivity (Wildman–Crippen MR) is 91.6 cm³/mol. The molecular formula is C18H26N2O2S. The van der Waals surface area contributed by atoms with Crippen LogP contribution in [-0.4, -0.2) is 54.1 Å². The molecule has 4 heterocycles. The van der Waals surface area contributed by atoms with E-state index in [0.29, 0.717) is 11.8 Å². The molecule has 23 heavy (non-hydrogen) atoms. The Morgan fingerprint density at radius 3 is 2.91 bits per heavy atom. The smallest absolute Gasteiger partial charge is 0.222 e. The Morgan fingerprint density at radius 1 is 1.43 bits per heavy atom. The first kappa shape index (κ1) is 15.6. The van der Waals surface area contributed by atoms with E-state index in [9.17, 15) is 4.79 Å². The van der Waals surface area contributed by atoms with Gasteiger partial charge in [-0.25, -0.2) is 0 Å². The van der Waals surface area contributed by atoms with Crippen LogP contribution < -0.4 is 0 Å². The molecule has 0 radical (unpaired) electrons. The summed E-state index contributed by atoms with van der Waals surface area (Å²) in [7, 11) is 0. The summed E-state index contributed by atoms with van der Waals surface area (Å²) in [5.74, 6) is 0.877. The summed E-state index contributed by atoms with van der Waals surface area (Å²) >= 11 is 1.86. The van der Waals surface area contributed by atoms with Crippen LogP contribution in [0.2, 0.25) is 0 Å². The number of carbonyl (C=O) groups excluding carboxylic acids is 1. The normalized spacial score (nSPS) is 27.6. The van der Waals surface area contributed by atoms with Gasteiger partial charge in [0.25, 0.3) is 0 Å². The van der Waals surface area contributed by atoms with Crippen molar-refractivity contribution in [2.24, 2.45) is 5.92 Å². The largest absolute Gasteiger partial charge is 0.372 e. The summed E-state index contributed by atoms with van der Waals surface area (Å²) in [6.45, 7) is 8.10. The second-order valence-corrected chi connectivity index (χ2v) is 8.51. The number of ether oxygens (including phenoxy) is 1. The molecule has 0 aromatic carbocycles. The van der Waals surface area contributed by atoms with Gasteiger partial charge in [-0.15, -0.1) is 11.3 Å². The molecule has 3 fully saturated rings. The highest BCUT2D eigenvalue weighted by molar-refractivity contribution is 7.10. The summed E-state index contributed by atoms with van der Waals surface area (Å²) in [4.78, 5) is 17.8. The van der Waals surface area contributed by atoms with Gasteiger partial charge >= 0.3 is 0 Å². The van der Waals surface area contributed by atoms with E-state index in [2.05, 4.69) is 23.3 Å². The van der Waals surface area contributed by atoms with Gasteiger partial charge in [0.15, 0.2) is 0 Å². The van der Waals surface area contributed by atoms with Crippen molar-refractivity contribution in [2.45, 2.75) is 44.8 Å². The van der Waals surface area contributed by atoms with E-state index < -0.39 is 0 Å². The highest BCUT2D eigenvalue weighted by Crippen LogP contribution is 2.37. The molecule has 1 unspecified atom stereocenters. The standard InChI is InChI=1S/C18H26N2O2S/c1-14-5-8-23-16(14)10-19-12-18(13-19)6-4-15(11-22-18)9-20-7-2-3-17(20)21/h5,8,15H,2-4,6-7,9-13H2,1H3. The first-order valence-corrected chi connectivity index (χ1v) is 9.69. The minimum Gasteiger partial charge on any atom is -0.372 e. The van der Waals surface area contributed by atoms with E-state index in [-0.39, 0.29) is 5.60 Å². The second-order valence-electron chi connectivity index (χ2n) is 7.51. The minimum atomic E-state index is 0.108. The van der Waals surface area contributed by atoms with Gasteiger partial charge in [-0.05, 0) is 43.2 Å². The molecule has 3 saturated heterocycles. The maximum atomic E-state index is 11.7. The first-order valence-electron chi connectivity index (χ1n) is 8.81. The van der Waals surface area contributed by atoms with Crippen LogP contribution in [0.15, 0.2) is 11.4 Å². The van der Waals surface area contributed by atoms with Crippen LogP contribution in [0, 0.1) is 12.8 Å². The van der Waals surface area contributed by atoms with Gasteiger partial charge in [0.05, 0.1) is 12.2 Å². The first-order chi connectivity index (χ1) is 11.1. The molecule has 3 aliphatic heterocycles. The van der Waals surface area contributed by atoms with E-state index in [1.165, 1.54) is 16.9 Å². The summed E-state index contributed by atoms with van der Waals surface area (Å²) < 4.78 is 6.26. The van der Waals surface area contributed by atoms with Crippen LogP contribution in [0.5, 0.6) is 0 Å². The number of likely N-dealkylation sites (tertiary alicyclic amines) is 2. The van der Waals surface area contributed by atoms with Crippen molar-refractivity contribution < 1.29 is 9.53 Å². The molecule has 3 aliphatic rings. The summed E-state index contributed by atoms with van der Waals surface area (Å²) in [6, 6.07) is 2.21. The number of hydrogen-bond acceptors (Lipinski definition) is 4. The van der Waals surface area contributed by atoms with Crippen LogP contribution in [-0.2, 0) is 16.1 Å². The minimum absolute atomic E-state index is 0.108. The van der Waals surface area contributed by atoms with Crippen molar-refractivity contribution in [1.29, 1.82) is 0 Å². The third kappa shape index (κ3) is 3.19. The lowest BCUT2D eigenvalue weighted by Crippen LogP contribution is -2.64. The molecule has 126 valence electrons. The van der Waals surface area contributed by atoms with E-state index in [4.69, 9.17) is 4.74 Å². The zero-order chi connectivity index (χ0) is 15.9. The SMILES string of the molecule is Cc1ccsc1CN1CC2(CCC(CN3CCCC3=O)CO2)C1. The average molecular weight is 334 g/mol. The fraction of sp³-hybridized carbons (Fsp3) is 0.722. The molecular weight excluding hydrogens is 308 g/mol. The van der Waals surface area contributed by atoms with Crippen molar-refractivity contribution in [2.75, 3.05) is 32.8 Å². The Bertz CT molecular complexity index is 569. The maximum absolute atomic E-state index is 11.7. The molecule has 1 amide bonds. The number of nitrogens with zero attached hydrogens (tertiary/aromatic N) is 2. The molecule has 5 heteroatoms. The van der Waals surface area contributed by atoms with E-state index in [0.717, 1.165) is 58.6 Å². The molecule has 0 saturated carbocycles. The van der Waals surface area contributed by atoms with E-state index in [1.807, 2.05) is 16.2 Å². The monoisotopic (exact) mass is 334 g/mol. The molecule has 1 aromatic rings. The molecule has 0 N–H and O–H groups in total. The van der Waals surface area contributed by atoms with Crippen LogP contribution in [0.3, 0.4) is 0 Å². The summed E-state index contributed by atoms with van der Waals surface area (Å²) in [5, 5.41) is 2.18. The average Bonchev–Trinajstić information content (AvgIpc) is 3.09. The molecule has 4 rings (SSSR count). The van der Waals surface area contributed by atoms with Gasteiger partial charge in [-0.1, -0.05) is 0 Å². The molecule has 0 bridgehead atoms. The fourth-order valence-corrected chi connectivity index (χ4v) is 5.12. The Balaban J connectivity index is 1.23. The Kier molecular flexibility index (Phi) is 4.20. The maximum Gasteiger partial charge on any atom is 0.222 e. The van der Waals surface area contributed by atoms with Gasteiger partial charge in [-0.2, -0.15) is 0 Å². The lowest BCUT2D eigenvalue weighted by Gasteiger charge is -2.53. The molecule has 4 nitrogen and oxygen atoms in total. The van der Waals surface area contributed by atoms with Crippen molar-refractivity contribution in [1.82, 2.24) is 9.80 Å². The lowest BCUT2D eigenvalue weighted by molar-refractivity contribution is -0.183. The van der Waals surface area contributed by atoms with Gasteiger partial charge in [0, 0.05) is 49.9 Å². The topological polar surface area (TPSA) is 32.8 Å². The summed E-state index contributed by atoms with van der Waals surface area (Å²) in [6.07, 6.45) is 4.14. The zero-order valence-electron chi connectivity index (χ0n) is 13.9. The number of aryl methyl sites for hydroxylation is 1. The van der Waals surface area contributed by atoms with Gasteiger partial charge < -0.3 is 9.64 Å². The Hall–Kier alpha value is -0.910. The highest BCUT2D eigenvalue weighted by Gasteiger charge is 2.46. The van der Waals surface area contributed by atoms with Crippen LogP contribution in [0.4, 0.5) is 0 Å². The zero-order valence-corrected chi connectivity index (χ0v) is 14.7. The third-order valence-corrected chi connectivity index (χ3v) is 6.65. The van der Waals surface area contributed by atoms with E-state index >= 15 is 0 Å². The molecule has 1 atom stereocenters. The third-order valence-electron chi connectivity index (χ3n) is 5.64. The van der Waals surface area contributed by atoms with Crippen molar-refractivity contribution in [3.63, 3.8) is 0 Å². The quantitative estimate of drug-likeness (QED) is 0.849. The lowest BCUT2D eigenvalue weighted by atomic mass is 9.82. The number of hydrogen-bond donors (Lipinski definition) is 0. The van der Waals surface area contributed by atoms with Gasteiger partial charge in [-0.3, -0.25) is 9.69 Å². The fourth-order valence-electron chi connectivity index (χ4n) is 4.17. The highest BCUT2D eigenvalue weighted by atomic mass is 32.1. The summed E-state index contributed by atoms with van der Waals surface area (Å²) in [5.41, 5.74) is 1.52. The Morgan fingerprint density at radius 2 is 2.30 bits per heavy atom.